The SMILES string of the molecule is Cl.NC1C2CCC(C2)C12CC(O)C(O)C2. The van der Waals surface area contributed by atoms with E-state index in [1.807, 2.05) is 0 Å². The van der Waals surface area contributed by atoms with Gasteiger partial charge < -0.3 is 15.9 Å². The van der Waals surface area contributed by atoms with E-state index in [0.717, 1.165) is 12.8 Å². The monoisotopic (exact) mass is 233 g/mol. The van der Waals surface area contributed by atoms with Crippen molar-refractivity contribution in [2.75, 3.05) is 0 Å². The third kappa shape index (κ3) is 1.37. The molecule has 4 N–H and O–H groups in total. The topological polar surface area (TPSA) is 66.5 Å². The quantitative estimate of drug-likeness (QED) is 0.576. The van der Waals surface area contributed by atoms with Crippen LogP contribution in [0.15, 0.2) is 0 Å². The number of halogens is 1. The Hall–Kier alpha value is 0.170. The van der Waals surface area contributed by atoms with Crippen LogP contribution >= 0.6 is 12.4 Å². The minimum atomic E-state index is -0.527. The number of nitrogens with two attached hydrogens (primary N) is 1. The Morgan fingerprint density at radius 3 is 2.13 bits per heavy atom. The van der Waals surface area contributed by atoms with Crippen LogP contribution in [-0.2, 0) is 0 Å². The third-order valence-corrected chi connectivity index (χ3v) is 5.08. The van der Waals surface area contributed by atoms with Crippen LogP contribution in [-0.4, -0.2) is 28.5 Å². The summed E-state index contributed by atoms with van der Waals surface area (Å²) in [4.78, 5) is 0. The lowest BCUT2D eigenvalue weighted by molar-refractivity contribution is 0.0438. The first-order valence-electron chi connectivity index (χ1n) is 5.75. The lowest BCUT2D eigenvalue weighted by Gasteiger charge is -2.39. The highest BCUT2D eigenvalue weighted by Crippen LogP contribution is 2.61. The van der Waals surface area contributed by atoms with E-state index in [2.05, 4.69) is 0 Å². The van der Waals surface area contributed by atoms with Crippen LogP contribution in [0.5, 0.6) is 0 Å². The summed E-state index contributed by atoms with van der Waals surface area (Å²) in [6, 6.07) is 0.230. The fourth-order valence-corrected chi connectivity index (χ4v) is 4.35. The Morgan fingerprint density at radius 1 is 1.07 bits per heavy atom. The molecule has 5 unspecified atom stereocenters. The summed E-state index contributed by atoms with van der Waals surface area (Å²) in [5, 5.41) is 19.3. The third-order valence-electron chi connectivity index (χ3n) is 5.08. The van der Waals surface area contributed by atoms with Crippen LogP contribution < -0.4 is 5.73 Å². The largest absolute Gasteiger partial charge is 0.390 e. The maximum absolute atomic E-state index is 9.66. The summed E-state index contributed by atoms with van der Waals surface area (Å²) >= 11 is 0. The zero-order valence-corrected chi connectivity index (χ0v) is 9.62. The lowest BCUT2D eigenvalue weighted by atomic mass is 9.69. The molecule has 4 heteroatoms. The number of rotatable bonds is 0. The molecule has 15 heavy (non-hydrogen) atoms. The van der Waals surface area contributed by atoms with Crippen molar-refractivity contribution >= 4 is 12.4 Å². The van der Waals surface area contributed by atoms with Gasteiger partial charge in [0.2, 0.25) is 0 Å². The van der Waals surface area contributed by atoms with Crippen molar-refractivity contribution in [2.24, 2.45) is 23.0 Å². The smallest absolute Gasteiger partial charge is 0.0805 e. The summed E-state index contributed by atoms with van der Waals surface area (Å²) < 4.78 is 0. The molecule has 3 fully saturated rings. The molecule has 0 heterocycles. The summed E-state index contributed by atoms with van der Waals surface area (Å²) in [5.74, 6) is 1.34. The van der Waals surface area contributed by atoms with Crippen molar-refractivity contribution in [1.29, 1.82) is 0 Å². The van der Waals surface area contributed by atoms with E-state index in [0.29, 0.717) is 11.8 Å². The first-order chi connectivity index (χ1) is 6.63. The molecule has 0 radical (unpaired) electrons. The van der Waals surface area contributed by atoms with Crippen molar-refractivity contribution in [3.63, 3.8) is 0 Å². The second-order valence-corrected chi connectivity index (χ2v) is 5.57. The van der Waals surface area contributed by atoms with Crippen LogP contribution in [0.1, 0.15) is 32.1 Å². The second-order valence-electron chi connectivity index (χ2n) is 5.57. The Balaban J connectivity index is 0.000000853. The van der Waals surface area contributed by atoms with E-state index in [9.17, 15) is 10.2 Å². The van der Waals surface area contributed by atoms with Gasteiger partial charge >= 0.3 is 0 Å². The average molecular weight is 234 g/mol. The molecule has 0 aliphatic heterocycles. The summed E-state index contributed by atoms with van der Waals surface area (Å²) in [6.45, 7) is 0. The second kappa shape index (κ2) is 3.59. The predicted molar refractivity (Wildman–Crippen MR) is 59.7 cm³/mol. The standard InChI is InChI=1S/C11H19NO2.ClH/c12-10-6-1-2-7(3-6)11(10)4-8(13)9(14)5-11;/h6-10,13-14H,1-5,12H2;1H. The van der Waals surface area contributed by atoms with Crippen molar-refractivity contribution in [2.45, 2.75) is 50.4 Å². The first-order valence-corrected chi connectivity index (χ1v) is 5.75. The van der Waals surface area contributed by atoms with Crippen molar-refractivity contribution in [3.05, 3.63) is 0 Å². The van der Waals surface area contributed by atoms with E-state index in [-0.39, 0.29) is 23.9 Å². The van der Waals surface area contributed by atoms with Gasteiger partial charge in [0.1, 0.15) is 0 Å². The molecule has 0 aromatic rings. The highest BCUT2D eigenvalue weighted by atomic mass is 35.5. The van der Waals surface area contributed by atoms with Crippen LogP contribution in [0, 0.1) is 17.3 Å². The minimum absolute atomic E-state index is 0. The molecule has 0 amide bonds. The summed E-state index contributed by atoms with van der Waals surface area (Å²) in [6.07, 6.45) is 4.17. The van der Waals surface area contributed by atoms with Crippen LogP contribution in [0.3, 0.4) is 0 Å². The molecular weight excluding hydrogens is 214 g/mol. The van der Waals surface area contributed by atoms with E-state index in [4.69, 9.17) is 5.73 Å². The summed E-state index contributed by atoms with van der Waals surface area (Å²) in [5.41, 5.74) is 6.35. The molecule has 3 saturated carbocycles. The average Bonchev–Trinajstić information content (AvgIpc) is 2.76. The zero-order chi connectivity index (χ0) is 9.92. The Kier molecular flexibility index (Phi) is 2.79. The van der Waals surface area contributed by atoms with Gasteiger partial charge in [0.15, 0.2) is 0 Å². The van der Waals surface area contributed by atoms with E-state index in [1.165, 1.54) is 19.3 Å². The Labute approximate surface area is 96.5 Å². The highest BCUT2D eigenvalue weighted by molar-refractivity contribution is 5.85. The fourth-order valence-electron chi connectivity index (χ4n) is 4.35. The van der Waals surface area contributed by atoms with Gasteiger partial charge in [-0.15, -0.1) is 12.4 Å². The van der Waals surface area contributed by atoms with Gasteiger partial charge in [0.05, 0.1) is 12.2 Å². The maximum Gasteiger partial charge on any atom is 0.0805 e. The van der Waals surface area contributed by atoms with Crippen molar-refractivity contribution in [1.82, 2.24) is 0 Å². The fraction of sp³-hybridized carbons (Fsp3) is 1.00. The molecule has 3 nitrogen and oxygen atoms in total. The highest BCUT2D eigenvalue weighted by Gasteiger charge is 2.60. The van der Waals surface area contributed by atoms with Crippen molar-refractivity contribution in [3.8, 4) is 0 Å². The molecular formula is C11H20ClNO2. The predicted octanol–water partition coefficient (Wildman–Crippen LogP) is 0.667. The molecule has 2 bridgehead atoms. The van der Waals surface area contributed by atoms with Gasteiger partial charge in [-0.3, -0.25) is 0 Å². The normalized spacial score (nSPS) is 57.4. The number of aliphatic hydroxyl groups is 2. The van der Waals surface area contributed by atoms with Gasteiger partial charge in [-0.05, 0) is 49.4 Å². The van der Waals surface area contributed by atoms with Gasteiger partial charge in [0, 0.05) is 6.04 Å². The maximum atomic E-state index is 9.66. The van der Waals surface area contributed by atoms with Crippen LogP contribution in [0.25, 0.3) is 0 Å². The van der Waals surface area contributed by atoms with Crippen molar-refractivity contribution < 1.29 is 10.2 Å². The molecule has 0 aromatic carbocycles. The number of fused-ring (bicyclic) bond motifs is 3. The van der Waals surface area contributed by atoms with E-state index in [1.54, 1.807) is 0 Å². The van der Waals surface area contributed by atoms with Gasteiger partial charge in [-0.2, -0.15) is 0 Å². The van der Waals surface area contributed by atoms with Crippen LogP contribution in [0.2, 0.25) is 0 Å². The molecule has 3 aliphatic rings. The molecule has 3 aliphatic carbocycles. The lowest BCUT2D eigenvalue weighted by Crippen LogP contribution is -2.45. The molecule has 3 rings (SSSR count). The number of hydrogen-bond acceptors (Lipinski definition) is 3. The first kappa shape index (κ1) is 11.6. The van der Waals surface area contributed by atoms with Gasteiger partial charge in [-0.1, -0.05) is 0 Å². The summed E-state index contributed by atoms with van der Waals surface area (Å²) in [7, 11) is 0. The Bertz CT molecular complexity index is 247. The zero-order valence-electron chi connectivity index (χ0n) is 8.80. The molecule has 5 atom stereocenters. The molecule has 1 spiro atoms. The van der Waals surface area contributed by atoms with Gasteiger partial charge in [-0.25, -0.2) is 0 Å². The Morgan fingerprint density at radius 2 is 1.67 bits per heavy atom. The van der Waals surface area contributed by atoms with E-state index < -0.39 is 12.2 Å². The van der Waals surface area contributed by atoms with Crippen LogP contribution in [0.4, 0.5) is 0 Å². The number of aliphatic hydroxyl groups excluding tert-OH is 2. The molecule has 88 valence electrons. The molecule has 0 aromatic heterocycles. The molecule has 0 saturated heterocycles. The van der Waals surface area contributed by atoms with E-state index >= 15 is 0 Å². The van der Waals surface area contributed by atoms with Gasteiger partial charge in [0.25, 0.3) is 0 Å². The number of hydrogen-bond donors (Lipinski definition) is 3. The minimum Gasteiger partial charge on any atom is -0.390 e.